The molecule has 0 aliphatic heterocycles. The standard InChI is InChI=1S/C31H27F3O/c1-3-4-19-35-29-18-16-26(20-28(29)32)23-12-7-22(8-13-23)9-14-25-15-17-27(31(34)30(25)33)24-10-5-21(2)6-11-24/h5-18,20H,3-4,19H2,1-2H3/b14-9+. The fourth-order valence-corrected chi connectivity index (χ4v) is 3.75. The van der Waals surface area contributed by atoms with Gasteiger partial charge in [-0.1, -0.05) is 97.8 Å². The number of hydrogen-bond acceptors (Lipinski definition) is 1. The van der Waals surface area contributed by atoms with E-state index in [1.165, 1.54) is 6.07 Å². The van der Waals surface area contributed by atoms with Crippen LogP contribution in [0.2, 0.25) is 0 Å². The Kier molecular flexibility index (Phi) is 7.71. The number of hydrogen-bond donors (Lipinski definition) is 0. The van der Waals surface area contributed by atoms with Gasteiger partial charge < -0.3 is 4.74 Å². The number of aryl methyl sites for hydroxylation is 1. The lowest BCUT2D eigenvalue weighted by Crippen LogP contribution is -1.98. The lowest BCUT2D eigenvalue weighted by molar-refractivity contribution is 0.294. The molecule has 4 heteroatoms. The zero-order valence-corrected chi connectivity index (χ0v) is 19.8. The molecule has 0 fully saturated rings. The molecule has 35 heavy (non-hydrogen) atoms. The zero-order valence-electron chi connectivity index (χ0n) is 19.8. The van der Waals surface area contributed by atoms with Crippen molar-refractivity contribution in [1.82, 2.24) is 0 Å². The third kappa shape index (κ3) is 5.83. The van der Waals surface area contributed by atoms with Gasteiger partial charge in [0.2, 0.25) is 0 Å². The molecule has 0 bridgehead atoms. The molecule has 0 unspecified atom stereocenters. The van der Waals surface area contributed by atoms with Crippen molar-refractivity contribution in [2.45, 2.75) is 26.7 Å². The van der Waals surface area contributed by atoms with Gasteiger partial charge in [0.25, 0.3) is 0 Å². The van der Waals surface area contributed by atoms with E-state index < -0.39 is 17.5 Å². The van der Waals surface area contributed by atoms with Gasteiger partial charge in [-0.2, -0.15) is 0 Å². The van der Waals surface area contributed by atoms with Crippen LogP contribution in [0.1, 0.15) is 36.5 Å². The maximum absolute atomic E-state index is 14.7. The Balaban J connectivity index is 1.48. The Morgan fingerprint density at radius 2 is 1.40 bits per heavy atom. The first-order valence-corrected chi connectivity index (χ1v) is 11.7. The van der Waals surface area contributed by atoms with Gasteiger partial charge in [-0.15, -0.1) is 0 Å². The molecule has 0 spiro atoms. The van der Waals surface area contributed by atoms with Gasteiger partial charge in [-0.05, 0) is 47.7 Å². The molecule has 178 valence electrons. The maximum atomic E-state index is 14.7. The molecule has 0 aliphatic carbocycles. The molecule has 4 aromatic carbocycles. The summed E-state index contributed by atoms with van der Waals surface area (Å²) in [6.07, 6.45) is 5.14. The molecule has 0 amide bonds. The van der Waals surface area contributed by atoms with Crippen LogP contribution in [0.5, 0.6) is 5.75 Å². The monoisotopic (exact) mass is 472 g/mol. The number of rotatable bonds is 8. The molecule has 4 rings (SSSR count). The van der Waals surface area contributed by atoms with E-state index >= 15 is 0 Å². The average Bonchev–Trinajstić information content (AvgIpc) is 2.87. The SMILES string of the molecule is CCCCOc1ccc(-c2ccc(/C=C/c3ccc(-c4ccc(C)cc4)c(F)c3F)cc2)cc1F. The van der Waals surface area contributed by atoms with Gasteiger partial charge >= 0.3 is 0 Å². The molecule has 4 aromatic rings. The van der Waals surface area contributed by atoms with Crippen molar-refractivity contribution in [1.29, 1.82) is 0 Å². The highest BCUT2D eigenvalue weighted by atomic mass is 19.2. The van der Waals surface area contributed by atoms with Crippen LogP contribution in [-0.4, -0.2) is 6.61 Å². The largest absolute Gasteiger partial charge is 0.491 e. The van der Waals surface area contributed by atoms with Crippen LogP contribution < -0.4 is 4.74 Å². The minimum Gasteiger partial charge on any atom is -0.491 e. The van der Waals surface area contributed by atoms with Gasteiger partial charge in [0.05, 0.1) is 6.61 Å². The smallest absolute Gasteiger partial charge is 0.167 e. The summed E-state index contributed by atoms with van der Waals surface area (Å²) in [6.45, 7) is 4.49. The van der Waals surface area contributed by atoms with E-state index in [-0.39, 0.29) is 16.9 Å². The third-order valence-corrected chi connectivity index (χ3v) is 5.86. The first kappa shape index (κ1) is 24.3. The van der Waals surface area contributed by atoms with Crippen molar-refractivity contribution < 1.29 is 17.9 Å². The summed E-state index contributed by atoms with van der Waals surface area (Å²) in [5, 5.41) is 0. The summed E-state index contributed by atoms with van der Waals surface area (Å²) in [5.74, 6) is -1.89. The lowest BCUT2D eigenvalue weighted by Gasteiger charge is -2.09. The van der Waals surface area contributed by atoms with E-state index in [2.05, 4.69) is 6.92 Å². The molecular formula is C31H27F3O. The molecule has 0 radical (unpaired) electrons. The van der Waals surface area contributed by atoms with E-state index in [1.54, 1.807) is 42.5 Å². The molecule has 0 atom stereocenters. The van der Waals surface area contributed by atoms with Crippen LogP contribution in [0.4, 0.5) is 13.2 Å². The number of halogens is 3. The summed E-state index contributed by atoms with van der Waals surface area (Å²) in [5.41, 5.74) is 4.49. The van der Waals surface area contributed by atoms with Crippen LogP contribution >= 0.6 is 0 Å². The summed E-state index contributed by atoms with van der Waals surface area (Å²) in [6, 6.07) is 22.8. The summed E-state index contributed by atoms with van der Waals surface area (Å²) >= 11 is 0. The van der Waals surface area contributed by atoms with Gasteiger partial charge in [0.1, 0.15) is 0 Å². The normalized spacial score (nSPS) is 11.2. The van der Waals surface area contributed by atoms with Gasteiger partial charge in [0, 0.05) is 11.1 Å². The summed E-state index contributed by atoms with van der Waals surface area (Å²) in [4.78, 5) is 0. The van der Waals surface area contributed by atoms with Gasteiger partial charge in [-0.3, -0.25) is 0 Å². The van der Waals surface area contributed by atoms with Crippen molar-refractivity contribution in [3.05, 3.63) is 113 Å². The van der Waals surface area contributed by atoms with E-state index in [9.17, 15) is 13.2 Å². The predicted octanol–water partition coefficient (Wildman–Crippen LogP) is 9.10. The summed E-state index contributed by atoms with van der Waals surface area (Å²) in [7, 11) is 0. The minimum atomic E-state index is -0.882. The highest BCUT2D eigenvalue weighted by Gasteiger charge is 2.13. The Morgan fingerprint density at radius 3 is 2.09 bits per heavy atom. The highest BCUT2D eigenvalue weighted by molar-refractivity contribution is 5.74. The second kappa shape index (κ2) is 11.1. The fraction of sp³-hybridized carbons (Fsp3) is 0.161. The van der Waals surface area contributed by atoms with E-state index in [0.717, 1.165) is 35.1 Å². The van der Waals surface area contributed by atoms with Crippen molar-refractivity contribution in [3.63, 3.8) is 0 Å². The quantitative estimate of drug-likeness (QED) is 0.184. The van der Waals surface area contributed by atoms with E-state index in [1.807, 2.05) is 49.4 Å². The van der Waals surface area contributed by atoms with Crippen LogP contribution in [0, 0.1) is 24.4 Å². The van der Waals surface area contributed by atoms with Crippen LogP contribution in [0.15, 0.2) is 78.9 Å². The molecule has 0 N–H and O–H groups in total. The van der Waals surface area contributed by atoms with Crippen LogP contribution in [0.25, 0.3) is 34.4 Å². The van der Waals surface area contributed by atoms with Crippen LogP contribution in [-0.2, 0) is 0 Å². The second-order valence-corrected chi connectivity index (χ2v) is 8.50. The number of ether oxygens (including phenoxy) is 1. The average molecular weight is 473 g/mol. The second-order valence-electron chi connectivity index (χ2n) is 8.50. The van der Waals surface area contributed by atoms with E-state index in [4.69, 9.17) is 4.74 Å². The lowest BCUT2D eigenvalue weighted by atomic mass is 10.0. The van der Waals surface area contributed by atoms with Crippen molar-refractivity contribution >= 4 is 12.2 Å². The molecule has 0 aromatic heterocycles. The summed E-state index contributed by atoms with van der Waals surface area (Å²) < 4.78 is 49.3. The van der Waals surface area contributed by atoms with Crippen molar-refractivity contribution in [2.24, 2.45) is 0 Å². The number of unbranched alkanes of at least 4 members (excludes halogenated alkanes) is 1. The molecule has 1 nitrogen and oxygen atoms in total. The topological polar surface area (TPSA) is 9.23 Å². The fourth-order valence-electron chi connectivity index (χ4n) is 3.75. The van der Waals surface area contributed by atoms with Gasteiger partial charge in [0.15, 0.2) is 23.2 Å². The van der Waals surface area contributed by atoms with Crippen LogP contribution in [0.3, 0.4) is 0 Å². The third-order valence-electron chi connectivity index (χ3n) is 5.86. The Morgan fingerprint density at radius 1 is 0.714 bits per heavy atom. The maximum Gasteiger partial charge on any atom is 0.167 e. The molecular weight excluding hydrogens is 445 g/mol. The highest BCUT2D eigenvalue weighted by Crippen LogP contribution is 2.29. The zero-order chi connectivity index (χ0) is 24.8. The molecule has 0 aliphatic rings. The Bertz CT molecular complexity index is 1320. The Hall–Kier alpha value is -3.79. The molecule has 0 heterocycles. The van der Waals surface area contributed by atoms with Gasteiger partial charge in [-0.25, -0.2) is 13.2 Å². The Labute approximate surface area is 204 Å². The predicted molar refractivity (Wildman–Crippen MR) is 138 cm³/mol. The molecule has 0 saturated carbocycles. The first-order chi connectivity index (χ1) is 17.0. The molecule has 0 saturated heterocycles. The minimum absolute atomic E-state index is 0.170. The van der Waals surface area contributed by atoms with Crippen molar-refractivity contribution in [3.8, 4) is 28.0 Å². The van der Waals surface area contributed by atoms with Crippen molar-refractivity contribution in [2.75, 3.05) is 6.61 Å². The first-order valence-electron chi connectivity index (χ1n) is 11.7. The number of benzene rings is 4. The van der Waals surface area contributed by atoms with E-state index in [0.29, 0.717) is 12.2 Å².